The van der Waals surface area contributed by atoms with Crippen molar-refractivity contribution in [2.75, 3.05) is 24.3 Å². The van der Waals surface area contributed by atoms with Crippen LogP contribution in [0.5, 0.6) is 0 Å². The summed E-state index contributed by atoms with van der Waals surface area (Å²) in [5.74, 6) is -0.421. The van der Waals surface area contributed by atoms with E-state index in [1.54, 1.807) is 31.2 Å². The summed E-state index contributed by atoms with van der Waals surface area (Å²) in [6.07, 6.45) is -0.561. The van der Waals surface area contributed by atoms with Crippen LogP contribution >= 0.6 is 0 Å². The van der Waals surface area contributed by atoms with Gasteiger partial charge in [0.2, 0.25) is 5.91 Å². The molecule has 0 saturated heterocycles. The molecule has 0 aliphatic rings. The average Bonchev–Trinajstić information content (AvgIpc) is 2.37. The van der Waals surface area contributed by atoms with Crippen molar-refractivity contribution >= 4 is 23.4 Å². The van der Waals surface area contributed by atoms with E-state index in [9.17, 15) is 9.59 Å². The zero-order chi connectivity index (χ0) is 13.5. The van der Waals surface area contributed by atoms with Crippen molar-refractivity contribution in [1.82, 2.24) is 0 Å². The lowest BCUT2D eigenvalue weighted by Crippen LogP contribution is -2.26. The van der Waals surface area contributed by atoms with Crippen LogP contribution in [0, 0.1) is 5.92 Å². The van der Waals surface area contributed by atoms with Gasteiger partial charge in [-0.25, -0.2) is 4.79 Å². The van der Waals surface area contributed by atoms with Gasteiger partial charge in [0.25, 0.3) is 0 Å². The Kier molecular flexibility index (Phi) is 5.13. The van der Waals surface area contributed by atoms with Crippen molar-refractivity contribution < 1.29 is 14.3 Å². The first kappa shape index (κ1) is 14.0. The maximum absolute atomic E-state index is 11.6. The molecule has 0 heterocycles. The minimum atomic E-state index is -0.561. The van der Waals surface area contributed by atoms with Crippen molar-refractivity contribution in [3.05, 3.63) is 24.3 Å². The van der Waals surface area contributed by atoms with Crippen molar-refractivity contribution in [2.24, 2.45) is 11.7 Å². The normalized spacial score (nSPS) is 11.5. The van der Waals surface area contributed by atoms with Gasteiger partial charge in [-0.05, 0) is 18.2 Å². The van der Waals surface area contributed by atoms with Crippen LogP contribution in [0.1, 0.15) is 6.92 Å². The van der Waals surface area contributed by atoms with Crippen LogP contribution in [0.25, 0.3) is 0 Å². The Morgan fingerprint density at radius 3 is 2.50 bits per heavy atom. The Bertz CT molecular complexity index is 434. The standard InChI is InChI=1S/C12H17N3O3/c1-8(7-13)11(16)14-9-4-3-5-10(6-9)15-12(17)18-2/h3-6,8H,7,13H2,1-2H3,(H,14,16)(H,15,17). The molecule has 0 aliphatic heterocycles. The summed E-state index contributed by atoms with van der Waals surface area (Å²) in [5.41, 5.74) is 6.54. The molecule has 0 fully saturated rings. The maximum atomic E-state index is 11.6. The molecule has 0 spiro atoms. The lowest BCUT2D eigenvalue weighted by atomic mass is 10.1. The van der Waals surface area contributed by atoms with Crippen LogP contribution in [0.3, 0.4) is 0 Å². The van der Waals surface area contributed by atoms with Gasteiger partial charge in [-0.15, -0.1) is 0 Å². The van der Waals surface area contributed by atoms with E-state index in [4.69, 9.17) is 5.73 Å². The third-order valence-corrected chi connectivity index (χ3v) is 2.36. The number of carbonyl (C=O) groups excluding carboxylic acids is 2. The largest absolute Gasteiger partial charge is 0.453 e. The third kappa shape index (κ3) is 4.06. The number of rotatable bonds is 4. The Morgan fingerprint density at radius 1 is 1.33 bits per heavy atom. The predicted molar refractivity (Wildman–Crippen MR) is 69.3 cm³/mol. The Labute approximate surface area is 105 Å². The quantitative estimate of drug-likeness (QED) is 0.754. The number of nitrogens with two attached hydrogens (primary N) is 1. The van der Waals surface area contributed by atoms with Crippen LogP contribution in [0.15, 0.2) is 24.3 Å². The number of anilines is 2. The fourth-order valence-corrected chi connectivity index (χ4v) is 1.22. The van der Waals surface area contributed by atoms with E-state index in [1.165, 1.54) is 7.11 Å². The SMILES string of the molecule is COC(=O)Nc1cccc(NC(=O)C(C)CN)c1. The van der Waals surface area contributed by atoms with Gasteiger partial charge in [0, 0.05) is 23.8 Å². The van der Waals surface area contributed by atoms with Crippen molar-refractivity contribution in [1.29, 1.82) is 0 Å². The summed E-state index contributed by atoms with van der Waals surface area (Å²) in [5, 5.41) is 5.22. The number of ether oxygens (including phenoxy) is 1. The van der Waals surface area contributed by atoms with E-state index in [0.717, 1.165) is 0 Å². The molecule has 4 N–H and O–H groups in total. The van der Waals surface area contributed by atoms with E-state index in [2.05, 4.69) is 15.4 Å². The molecule has 0 bridgehead atoms. The number of hydrogen-bond acceptors (Lipinski definition) is 4. The lowest BCUT2D eigenvalue weighted by molar-refractivity contribution is -0.119. The Hall–Kier alpha value is -2.08. The van der Waals surface area contributed by atoms with Crippen molar-refractivity contribution in [3.8, 4) is 0 Å². The molecular weight excluding hydrogens is 234 g/mol. The minimum Gasteiger partial charge on any atom is -0.453 e. The smallest absolute Gasteiger partial charge is 0.411 e. The van der Waals surface area contributed by atoms with Gasteiger partial charge in [0.15, 0.2) is 0 Å². The van der Waals surface area contributed by atoms with Crippen LogP contribution in [-0.2, 0) is 9.53 Å². The fraction of sp³-hybridized carbons (Fsp3) is 0.333. The van der Waals surface area contributed by atoms with Gasteiger partial charge < -0.3 is 15.8 Å². The topological polar surface area (TPSA) is 93.5 Å². The van der Waals surface area contributed by atoms with E-state index < -0.39 is 6.09 Å². The van der Waals surface area contributed by atoms with Crippen LogP contribution in [0.2, 0.25) is 0 Å². The highest BCUT2D eigenvalue weighted by molar-refractivity contribution is 5.93. The first-order valence-corrected chi connectivity index (χ1v) is 5.52. The van der Waals surface area contributed by atoms with Crippen LogP contribution < -0.4 is 16.4 Å². The van der Waals surface area contributed by atoms with E-state index in [-0.39, 0.29) is 18.4 Å². The molecule has 0 radical (unpaired) electrons. The summed E-state index contributed by atoms with van der Waals surface area (Å²) >= 11 is 0. The van der Waals surface area contributed by atoms with Crippen LogP contribution in [0.4, 0.5) is 16.2 Å². The molecule has 0 aliphatic carbocycles. The summed E-state index contributed by atoms with van der Waals surface area (Å²) in [7, 11) is 1.28. The molecule has 1 atom stereocenters. The molecule has 0 aromatic heterocycles. The molecule has 18 heavy (non-hydrogen) atoms. The lowest BCUT2D eigenvalue weighted by Gasteiger charge is -2.11. The molecule has 1 aromatic carbocycles. The summed E-state index contributed by atoms with van der Waals surface area (Å²) in [6, 6.07) is 6.77. The van der Waals surface area contributed by atoms with Gasteiger partial charge in [-0.3, -0.25) is 10.1 Å². The first-order valence-electron chi connectivity index (χ1n) is 5.52. The minimum absolute atomic E-state index is 0.160. The predicted octanol–water partition coefficient (Wildman–Crippen LogP) is 1.40. The summed E-state index contributed by atoms with van der Waals surface area (Å²) in [4.78, 5) is 22.7. The zero-order valence-electron chi connectivity index (χ0n) is 10.4. The van der Waals surface area contributed by atoms with E-state index >= 15 is 0 Å². The van der Waals surface area contributed by atoms with E-state index in [1.807, 2.05) is 0 Å². The number of amides is 2. The zero-order valence-corrected chi connectivity index (χ0v) is 10.4. The Balaban J connectivity index is 2.70. The highest BCUT2D eigenvalue weighted by Gasteiger charge is 2.11. The fourth-order valence-electron chi connectivity index (χ4n) is 1.22. The average molecular weight is 251 g/mol. The monoisotopic (exact) mass is 251 g/mol. The first-order chi connectivity index (χ1) is 8.56. The Morgan fingerprint density at radius 2 is 1.94 bits per heavy atom. The maximum Gasteiger partial charge on any atom is 0.411 e. The number of carbonyl (C=O) groups is 2. The van der Waals surface area contributed by atoms with Crippen LogP contribution in [-0.4, -0.2) is 25.7 Å². The summed E-state index contributed by atoms with van der Waals surface area (Å²) in [6.45, 7) is 2.03. The number of nitrogens with one attached hydrogen (secondary N) is 2. The molecule has 1 rings (SSSR count). The number of methoxy groups -OCH3 is 1. The molecule has 1 aromatic rings. The second kappa shape index (κ2) is 6.61. The second-order valence-electron chi connectivity index (χ2n) is 3.82. The second-order valence-corrected chi connectivity index (χ2v) is 3.82. The molecule has 98 valence electrons. The van der Waals surface area contributed by atoms with Crippen molar-refractivity contribution in [3.63, 3.8) is 0 Å². The number of hydrogen-bond donors (Lipinski definition) is 3. The molecule has 6 heteroatoms. The molecule has 2 amide bonds. The number of benzene rings is 1. The van der Waals surface area contributed by atoms with E-state index in [0.29, 0.717) is 11.4 Å². The molecular formula is C12H17N3O3. The molecule has 1 unspecified atom stereocenters. The van der Waals surface area contributed by atoms with Gasteiger partial charge in [-0.2, -0.15) is 0 Å². The van der Waals surface area contributed by atoms with Gasteiger partial charge in [0.1, 0.15) is 0 Å². The molecule has 6 nitrogen and oxygen atoms in total. The summed E-state index contributed by atoms with van der Waals surface area (Å²) < 4.78 is 4.48. The van der Waals surface area contributed by atoms with Gasteiger partial charge >= 0.3 is 6.09 Å². The van der Waals surface area contributed by atoms with Crippen molar-refractivity contribution in [2.45, 2.75) is 6.92 Å². The highest BCUT2D eigenvalue weighted by Crippen LogP contribution is 2.16. The van der Waals surface area contributed by atoms with Gasteiger partial charge in [0.05, 0.1) is 7.11 Å². The van der Waals surface area contributed by atoms with Gasteiger partial charge in [-0.1, -0.05) is 13.0 Å². The highest BCUT2D eigenvalue weighted by atomic mass is 16.5. The molecule has 0 saturated carbocycles. The third-order valence-electron chi connectivity index (χ3n) is 2.36.